The summed E-state index contributed by atoms with van der Waals surface area (Å²) >= 11 is 5.96. The highest BCUT2D eigenvalue weighted by Gasteiger charge is 2.26. The lowest BCUT2D eigenvalue weighted by atomic mass is 9.98. The minimum Gasteiger partial charge on any atom is -0.368 e. The van der Waals surface area contributed by atoms with E-state index in [-0.39, 0.29) is 0 Å². The maximum absolute atomic E-state index is 5.96. The predicted molar refractivity (Wildman–Crippen MR) is 66.8 cm³/mol. The average molecular weight is 240 g/mol. The molecule has 16 heavy (non-hydrogen) atoms. The van der Waals surface area contributed by atoms with Gasteiger partial charge in [0.05, 0.1) is 5.69 Å². The van der Waals surface area contributed by atoms with Gasteiger partial charge in [-0.05, 0) is 31.6 Å². The van der Waals surface area contributed by atoms with Crippen molar-refractivity contribution in [2.24, 2.45) is 11.8 Å². The van der Waals surface area contributed by atoms with Crippen LogP contribution in [0.1, 0.15) is 25.0 Å². The predicted octanol–water partition coefficient (Wildman–Crippen LogP) is 2.85. The van der Waals surface area contributed by atoms with Crippen LogP contribution in [0.5, 0.6) is 0 Å². The molecule has 1 aliphatic rings. The molecule has 2 rings (SSSR count). The van der Waals surface area contributed by atoms with E-state index in [2.05, 4.69) is 15.3 Å². The molecule has 1 fully saturated rings. The van der Waals surface area contributed by atoms with E-state index in [4.69, 9.17) is 11.6 Å². The van der Waals surface area contributed by atoms with Gasteiger partial charge in [-0.2, -0.15) is 0 Å². The first-order valence-electron chi connectivity index (χ1n) is 5.88. The second kappa shape index (κ2) is 5.48. The first-order valence-corrected chi connectivity index (χ1v) is 6.42. The molecule has 1 N–H and O–H groups in total. The molecule has 0 aromatic carbocycles. The van der Waals surface area contributed by atoms with Crippen molar-refractivity contribution in [1.29, 1.82) is 0 Å². The molecule has 2 atom stereocenters. The van der Waals surface area contributed by atoms with Crippen molar-refractivity contribution in [3.63, 3.8) is 0 Å². The minimum absolute atomic E-state index is 0.672. The Morgan fingerprint density at radius 2 is 2.06 bits per heavy atom. The number of aromatic nitrogens is 2. The summed E-state index contributed by atoms with van der Waals surface area (Å²) in [5, 5.41) is 3.39. The van der Waals surface area contributed by atoms with Crippen LogP contribution in [0.15, 0.2) is 12.4 Å². The van der Waals surface area contributed by atoms with Crippen molar-refractivity contribution in [2.75, 3.05) is 17.7 Å². The zero-order chi connectivity index (χ0) is 11.4. The van der Waals surface area contributed by atoms with Crippen molar-refractivity contribution >= 4 is 17.4 Å². The Kier molecular flexibility index (Phi) is 3.99. The van der Waals surface area contributed by atoms with E-state index in [1.807, 2.05) is 6.92 Å². The van der Waals surface area contributed by atoms with Crippen LogP contribution in [-0.4, -0.2) is 22.4 Å². The molecule has 0 bridgehead atoms. The lowest BCUT2D eigenvalue weighted by Gasteiger charge is -2.18. The third kappa shape index (κ3) is 2.64. The van der Waals surface area contributed by atoms with Crippen LogP contribution in [0.2, 0.25) is 0 Å². The van der Waals surface area contributed by atoms with E-state index >= 15 is 0 Å². The molecule has 0 saturated heterocycles. The van der Waals surface area contributed by atoms with Crippen LogP contribution in [0.3, 0.4) is 0 Å². The lowest BCUT2D eigenvalue weighted by Crippen LogP contribution is -2.20. The maximum Gasteiger partial charge on any atom is 0.147 e. The van der Waals surface area contributed by atoms with Gasteiger partial charge < -0.3 is 5.32 Å². The summed E-state index contributed by atoms with van der Waals surface area (Å²) in [6.07, 6.45) is 7.31. The van der Waals surface area contributed by atoms with Crippen molar-refractivity contribution < 1.29 is 0 Å². The number of nitrogens with one attached hydrogen (secondary N) is 1. The first kappa shape index (κ1) is 11.6. The zero-order valence-electron chi connectivity index (χ0n) is 9.62. The molecule has 88 valence electrons. The normalized spacial score (nSPS) is 24.6. The van der Waals surface area contributed by atoms with Crippen molar-refractivity contribution in [2.45, 2.75) is 26.2 Å². The highest BCUT2D eigenvalue weighted by molar-refractivity contribution is 6.18. The quantitative estimate of drug-likeness (QED) is 0.822. The molecular weight excluding hydrogens is 222 g/mol. The number of hydrogen-bond donors (Lipinski definition) is 1. The molecule has 1 aliphatic carbocycles. The minimum atomic E-state index is 0.672. The van der Waals surface area contributed by atoms with Crippen LogP contribution in [0.4, 0.5) is 5.82 Å². The number of anilines is 1. The fourth-order valence-corrected chi connectivity index (χ4v) is 2.80. The molecule has 3 nitrogen and oxygen atoms in total. The van der Waals surface area contributed by atoms with Gasteiger partial charge >= 0.3 is 0 Å². The van der Waals surface area contributed by atoms with Gasteiger partial charge in [-0.1, -0.05) is 6.42 Å². The smallest absolute Gasteiger partial charge is 0.147 e. The Hall–Kier alpha value is -0.830. The van der Waals surface area contributed by atoms with E-state index in [0.29, 0.717) is 11.8 Å². The van der Waals surface area contributed by atoms with E-state index in [0.717, 1.165) is 23.9 Å². The first-order chi connectivity index (χ1) is 7.81. The van der Waals surface area contributed by atoms with Gasteiger partial charge in [-0.15, -0.1) is 11.6 Å². The van der Waals surface area contributed by atoms with Gasteiger partial charge in [0.25, 0.3) is 0 Å². The molecule has 1 aromatic heterocycles. The zero-order valence-corrected chi connectivity index (χ0v) is 10.4. The van der Waals surface area contributed by atoms with Gasteiger partial charge in [-0.3, -0.25) is 4.98 Å². The SMILES string of the molecule is Cc1nccnc1NCC1CCCC1CCl. The fourth-order valence-electron chi connectivity index (χ4n) is 2.39. The third-order valence-corrected chi connectivity index (χ3v) is 3.82. The number of nitrogens with zero attached hydrogens (tertiary/aromatic N) is 2. The largest absolute Gasteiger partial charge is 0.368 e. The topological polar surface area (TPSA) is 37.8 Å². The fraction of sp³-hybridized carbons (Fsp3) is 0.667. The lowest BCUT2D eigenvalue weighted by molar-refractivity contribution is 0.444. The number of alkyl halides is 1. The third-order valence-electron chi connectivity index (χ3n) is 3.43. The molecule has 2 unspecified atom stereocenters. The summed E-state index contributed by atoms with van der Waals surface area (Å²) in [5.41, 5.74) is 0.961. The van der Waals surface area contributed by atoms with E-state index in [1.165, 1.54) is 19.3 Å². The van der Waals surface area contributed by atoms with Gasteiger partial charge in [0.15, 0.2) is 0 Å². The molecule has 0 radical (unpaired) electrons. The van der Waals surface area contributed by atoms with Crippen LogP contribution >= 0.6 is 11.6 Å². The Balaban J connectivity index is 1.90. The number of aryl methyl sites for hydroxylation is 1. The van der Waals surface area contributed by atoms with Crippen LogP contribution in [0, 0.1) is 18.8 Å². The van der Waals surface area contributed by atoms with Gasteiger partial charge in [0.1, 0.15) is 5.82 Å². The summed E-state index contributed by atoms with van der Waals surface area (Å²) in [6, 6.07) is 0. The summed E-state index contributed by atoms with van der Waals surface area (Å²) in [7, 11) is 0. The summed E-state index contributed by atoms with van der Waals surface area (Å²) in [6.45, 7) is 2.94. The molecule has 0 aliphatic heterocycles. The monoisotopic (exact) mass is 239 g/mol. The summed E-state index contributed by atoms with van der Waals surface area (Å²) in [5.74, 6) is 3.05. The van der Waals surface area contributed by atoms with Gasteiger partial charge in [0, 0.05) is 24.8 Å². The van der Waals surface area contributed by atoms with Crippen LogP contribution in [-0.2, 0) is 0 Å². The Labute approximate surface area is 102 Å². The molecule has 4 heteroatoms. The standard InChI is InChI=1S/C12H18ClN3/c1-9-12(15-6-5-14-9)16-8-11-4-2-3-10(11)7-13/h5-6,10-11H,2-4,7-8H2,1H3,(H,15,16). The van der Waals surface area contributed by atoms with Gasteiger partial charge in [0.2, 0.25) is 0 Å². The Bertz CT molecular complexity index is 343. The molecule has 0 amide bonds. The van der Waals surface area contributed by atoms with Crippen molar-refractivity contribution in [1.82, 2.24) is 9.97 Å². The number of halogens is 1. The average Bonchev–Trinajstić information content (AvgIpc) is 2.75. The van der Waals surface area contributed by atoms with E-state index in [9.17, 15) is 0 Å². The number of hydrogen-bond acceptors (Lipinski definition) is 3. The summed E-state index contributed by atoms with van der Waals surface area (Å²) < 4.78 is 0. The Morgan fingerprint density at radius 3 is 2.81 bits per heavy atom. The molecule has 1 aromatic rings. The summed E-state index contributed by atoms with van der Waals surface area (Å²) in [4.78, 5) is 8.50. The Morgan fingerprint density at radius 1 is 1.31 bits per heavy atom. The second-order valence-corrected chi connectivity index (χ2v) is 4.79. The highest BCUT2D eigenvalue weighted by Crippen LogP contribution is 2.32. The van der Waals surface area contributed by atoms with Crippen molar-refractivity contribution in [3.8, 4) is 0 Å². The van der Waals surface area contributed by atoms with Crippen molar-refractivity contribution in [3.05, 3.63) is 18.1 Å². The van der Waals surface area contributed by atoms with E-state index in [1.54, 1.807) is 12.4 Å². The molecule has 1 saturated carbocycles. The highest BCUT2D eigenvalue weighted by atomic mass is 35.5. The number of rotatable bonds is 4. The molecule has 0 spiro atoms. The van der Waals surface area contributed by atoms with Crippen LogP contribution in [0.25, 0.3) is 0 Å². The second-order valence-electron chi connectivity index (χ2n) is 4.48. The van der Waals surface area contributed by atoms with Gasteiger partial charge in [-0.25, -0.2) is 4.98 Å². The molecular formula is C12H18ClN3. The molecule has 1 heterocycles. The maximum atomic E-state index is 5.96. The van der Waals surface area contributed by atoms with Crippen LogP contribution < -0.4 is 5.32 Å². The van der Waals surface area contributed by atoms with E-state index < -0.39 is 0 Å².